The van der Waals surface area contributed by atoms with E-state index in [1.54, 1.807) is 24.3 Å². The second kappa shape index (κ2) is 9.36. The van der Waals surface area contributed by atoms with Crippen LogP contribution >= 0.6 is 0 Å². The average Bonchev–Trinajstić information content (AvgIpc) is 2.66. The van der Waals surface area contributed by atoms with Gasteiger partial charge in [-0.15, -0.1) is 0 Å². The number of methoxy groups -OCH3 is 2. The van der Waals surface area contributed by atoms with Crippen molar-refractivity contribution >= 4 is 23.8 Å². The minimum absolute atomic E-state index is 0.115. The lowest BCUT2D eigenvalue weighted by Gasteiger charge is -2.09. The summed E-state index contributed by atoms with van der Waals surface area (Å²) in [6, 6.07) is 9.43. The molecular weight excluding hydrogens is 364 g/mol. The molecule has 0 N–H and O–H groups in total. The molecule has 0 radical (unpaired) electrons. The van der Waals surface area contributed by atoms with Gasteiger partial charge in [0.25, 0.3) is 0 Å². The topological polar surface area (TPSA) is 88.1 Å². The molecule has 0 unspecified atom stereocenters. The molecule has 2 rings (SSSR count). The van der Waals surface area contributed by atoms with E-state index in [1.165, 1.54) is 52.4 Å². The number of ketones is 1. The maximum Gasteiger partial charge on any atom is 0.336 e. The predicted octanol–water partition coefficient (Wildman–Crippen LogP) is 3.45. The Morgan fingerprint density at radius 3 is 2.18 bits per heavy atom. The van der Waals surface area contributed by atoms with Crippen molar-refractivity contribution in [2.24, 2.45) is 0 Å². The zero-order valence-electron chi connectivity index (χ0n) is 16.0. The normalized spacial score (nSPS) is 10.4. The van der Waals surface area contributed by atoms with Crippen LogP contribution in [-0.4, -0.2) is 31.9 Å². The van der Waals surface area contributed by atoms with Crippen LogP contribution < -0.4 is 18.9 Å². The lowest BCUT2D eigenvalue weighted by molar-refractivity contribution is -0.132. The summed E-state index contributed by atoms with van der Waals surface area (Å²) < 4.78 is 20.6. The lowest BCUT2D eigenvalue weighted by atomic mass is 10.1. The minimum Gasteiger partial charge on any atom is -0.497 e. The first kappa shape index (κ1) is 20.7. The van der Waals surface area contributed by atoms with E-state index in [1.807, 2.05) is 0 Å². The first-order valence-electron chi connectivity index (χ1n) is 8.29. The van der Waals surface area contributed by atoms with Gasteiger partial charge in [0.05, 0.1) is 19.8 Å². The molecular formula is C21H20O7. The fourth-order valence-corrected chi connectivity index (χ4v) is 2.34. The van der Waals surface area contributed by atoms with E-state index < -0.39 is 11.9 Å². The monoisotopic (exact) mass is 384 g/mol. The molecule has 0 aliphatic rings. The summed E-state index contributed by atoms with van der Waals surface area (Å²) in [5.74, 6) is -0.176. The van der Waals surface area contributed by atoms with Gasteiger partial charge in [-0.2, -0.15) is 0 Å². The van der Waals surface area contributed by atoms with Gasteiger partial charge in [0.15, 0.2) is 17.3 Å². The van der Waals surface area contributed by atoms with E-state index in [0.29, 0.717) is 17.1 Å². The van der Waals surface area contributed by atoms with Gasteiger partial charge in [-0.25, -0.2) is 4.79 Å². The van der Waals surface area contributed by atoms with Crippen LogP contribution in [0.5, 0.6) is 23.0 Å². The van der Waals surface area contributed by atoms with Gasteiger partial charge < -0.3 is 18.9 Å². The molecule has 0 atom stereocenters. The highest BCUT2D eigenvalue weighted by molar-refractivity contribution is 5.98. The van der Waals surface area contributed by atoms with Crippen molar-refractivity contribution < 1.29 is 33.3 Å². The van der Waals surface area contributed by atoms with E-state index in [2.05, 4.69) is 0 Å². The number of hydrogen-bond donors (Lipinski definition) is 0. The minimum atomic E-state index is -0.668. The molecule has 0 amide bonds. The Morgan fingerprint density at radius 1 is 0.821 bits per heavy atom. The van der Waals surface area contributed by atoms with E-state index in [0.717, 1.165) is 0 Å². The highest BCUT2D eigenvalue weighted by Gasteiger charge is 2.13. The molecule has 0 heterocycles. The van der Waals surface area contributed by atoms with Crippen LogP contribution in [0.3, 0.4) is 0 Å². The second-order valence-corrected chi connectivity index (χ2v) is 5.68. The van der Waals surface area contributed by atoms with Crippen LogP contribution in [0.1, 0.15) is 29.8 Å². The van der Waals surface area contributed by atoms with Gasteiger partial charge in [0.2, 0.25) is 0 Å². The highest BCUT2D eigenvalue weighted by Crippen LogP contribution is 2.29. The number of carbonyl (C=O) groups is 3. The molecule has 28 heavy (non-hydrogen) atoms. The largest absolute Gasteiger partial charge is 0.497 e. The predicted molar refractivity (Wildman–Crippen MR) is 102 cm³/mol. The van der Waals surface area contributed by atoms with Crippen LogP contribution in [0.15, 0.2) is 42.5 Å². The molecule has 7 nitrogen and oxygen atoms in total. The molecule has 0 bridgehead atoms. The van der Waals surface area contributed by atoms with Gasteiger partial charge in [-0.05, 0) is 42.8 Å². The van der Waals surface area contributed by atoms with Crippen molar-refractivity contribution in [3.63, 3.8) is 0 Å². The number of hydrogen-bond acceptors (Lipinski definition) is 7. The SMILES string of the molecule is COc1ccc(C(C)=O)c(OC(=O)C=Cc2ccc(OC(C)=O)c(OC)c2)c1. The van der Waals surface area contributed by atoms with Crippen LogP contribution in [0.25, 0.3) is 6.08 Å². The molecule has 0 aliphatic heterocycles. The molecule has 146 valence electrons. The van der Waals surface area contributed by atoms with Gasteiger partial charge in [0, 0.05) is 19.1 Å². The molecule has 7 heteroatoms. The third-order valence-electron chi connectivity index (χ3n) is 3.63. The Kier molecular flexibility index (Phi) is 6.92. The molecule has 2 aromatic carbocycles. The Balaban J connectivity index is 2.18. The van der Waals surface area contributed by atoms with Crippen molar-refractivity contribution in [3.05, 3.63) is 53.6 Å². The molecule has 0 aromatic heterocycles. The number of Topliss-reactive ketones (excluding diaryl/α,β-unsaturated/α-hetero) is 1. The standard InChI is InChI=1S/C21H20O7/c1-13(22)17-8-7-16(25-3)12-19(17)28-21(24)10-6-15-5-9-18(27-14(2)23)20(11-15)26-4/h5-12H,1-4H3. The van der Waals surface area contributed by atoms with E-state index in [9.17, 15) is 14.4 Å². The number of esters is 2. The van der Waals surface area contributed by atoms with E-state index in [4.69, 9.17) is 18.9 Å². The summed E-state index contributed by atoms with van der Waals surface area (Å²) in [6.07, 6.45) is 2.72. The van der Waals surface area contributed by atoms with E-state index >= 15 is 0 Å². The molecule has 0 saturated carbocycles. The van der Waals surface area contributed by atoms with Crippen LogP contribution in [0.4, 0.5) is 0 Å². The number of ether oxygens (including phenoxy) is 4. The Bertz CT molecular complexity index is 928. The third kappa shape index (κ3) is 5.44. The van der Waals surface area contributed by atoms with Crippen molar-refractivity contribution in [2.45, 2.75) is 13.8 Å². The Hall–Kier alpha value is -3.61. The van der Waals surface area contributed by atoms with Crippen molar-refractivity contribution in [2.75, 3.05) is 14.2 Å². The summed E-state index contributed by atoms with van der Waals surface area (Å²) in [4.78, 5) is 35.0. The maximum absolute atomic E-state index is 12.2. The molecule has 0 fully saturated rings. The lowest BCUT2D eigenvalue weighted by Crippen LogP contribution is -2.08. The number of benzene rings is 2. The third-order valence-corrected chi connectivity index (χ3v) is 3.63. The van der Waals surface area contributed by atoms with Gasteiger partial charge in [-0.3, -0.25) is 9.59 Å². The Labute approximate surface area is 162 Å². The van der Waals surface area contributed by atoms with Crippen LogP contribution in [0.2, 0.25) is 0 Å². The smallest absolute Gasteiger partial charge is 0.336 e. The van der Waals surface area contributed by atoms with Gasteiger partial charge in [0.1, 0.15) is 11.5 Å². The first-order valence-corrected chi connectivity index (χ1v) is 8.29. The molecule has 2 aromatic rings. The fourth-order valence-electron chi connectivity index (χ4n) is 2.34. The van der Waals surface area contributed by atoms with Crippen LogP contribution in [-0.2, 0) is 9.59 Å². The maximum atomic E-state index is 12.2. The van der Waals surface area contributed by atoms with Gasteiger partial charge >= 0.3 is 11.9 Å². The van der Waals surface area contributed by atoms with Crippen molar-refractivity contribution in [1.82, 2.24) is 0 Å². The first-order chi connectivity index (χ1) is 13.3. The quantitative estimate of drug-likeness (QED) is 0.313. The molecule has 0 spiro atoms. The number of carbonyl (C=O) groups excluding carboxylic acids is 3. The summed E-state index contributed by atoms with van der Waals surface area (Å²) in [5.41, 5.74) is 0.900. The Morgan fingerprint density at radius 2 is 1.57 bits per heavy atom. The summed E-state index contributed by atoms with van der Waals surface area (Å²) >= 11 is 0. The average molecular weight is 384 g/mol. The fraction of sp³-hybridized carbons (Fsp3) is 0.190. The summed E-state index contributed by atoms with van der Waals surface area (Å²) in [6.45, 7) is 2.67. The summed E-state index contributed by atoms with van der Waals surface area (Å²) in [5, 5.41) is 0. The van der Waals surface area contributed by atoms with Crippen molar-refractivity contribution in [1.29, 1.82) is 0 Å². The zero-order chi connectivity index (χ0) is 20.7. The number of rotatable bonds is 7. The molecule has 0 aliphatic carbocycles. The van der Waals surface area contributed by atoms with Crippen molar-refractivity contribution in [3.8, 4) is 23.0 Å². The molecule has 0 saturated heterocycles. The zero-order valence-corrected chi connectivity index (χ0v) is 16.0. The highest BCUT2D eigenvalue weighted by atomic mass is 16.6. The van der Waals surface area contributed by atoms with E-state index in [-0.39, 0.29) is 22.8 Å². The summed E-state index contributed by atoms with van der Waals surface area (Å²) in [7, 11) is 2.91. The van der Waals surface area contributed by atoms with Gasteiger partial charge in [-0.1, -0.05) is 6.07 Å². The van der Waals surface area contributed by atoms with Crippen LogP contribution in [0, 0.1) is 0 Å². The second-order valence-electron chi connectivity index (χ2n) is 5.68.